The number of rotatable bonds is 6. The van der Waals surface area contributed by atoms with Crippen LogP contribution in [0.1, 0.15) is 44.1 Å². The minimum absolute atomic E-state index is 0.188. The molecule has 4 bridgehead atoms. The van der Waals surface area contributed by atoms with E-state index in [0.29, 0.717) is 17.6 Å². The Labute approximate surface area is 349 Å². The standard InChI is InChI=1S/C55H43N5/c1-2-13-38(14-3-1)52-56-53(58-54(57-52)60-50-23-10-6-19-44(50)45-20-7-11-24-51(45)60)40-25-26-47(55-32-35-27-36(33-55)29-37(28-35)34-55)46(31-40)39-15-12-16-41(30-39)59-48-21-8-4-17-42(48)43-18-5-9-22-49(43)59/h1-26,30-31,35-37H,27-29,32-34H2. The molecule has 5 nitrogen and oxygen atoms in total. The highest BCUT2D eigenvalue weighted by atomic mass is 15.2. The second-order valence-corrected chi connectivity index (χ2v) is 17.9. The number of benzene rings is 7. The van der Waals surface area contributed by atoms with Crippen LogP contribution in [-0.2, 0) is 5.41 Å². The Morgan fingerprint density at radius 3 is 1.45 bits per heavy atom. The maximum Gasteiger partial charge on any atom is 0.238 e. The van der Waals surface area contributed by atoms with Crippen molar-refractivity contribution in [2.75, 3.05) is 0 Å². The van der Waals surface area contributed by atoms with E-state index >= 15 is 0 Å². The number of para-hydroxylation sites is 4. The molecule has 4 saturated carbocycles. The lowest BCUT2D eigenvalue weighted by Gasteiger charge is -2.57. The molecule has 0 atom stereocenters. The predicted molar refractivity (Wildman–Crippen MR) is 245 cm³/mol. The van der Waals surface area contributed by atoms with E-state index in [9.17, 15) is 0 Å². The summed E-state index contributed by atoms with van der Waals surface area (Å²) >= 11 is 0. The summed E-state index contributed by atoms with van der Waals surface area (Å²) in [6, 6.07) is 61.6. The maximum atomic E-state index is 5.39. The maximum absolute atomic E-state index is 5.39. The summed E-state index contributed by atoms with van der Waals surface area (Å²) in [7, 11) is 0. The van der Waals surface area contributed by atoms with Crippen molar-refractivity contribution in [3.05, 3.63) is 175 Å². The third-order valence-electron chi connectivity index (χ3n) is 14.3. The van der Waals surface area contributed by atoms with Crippen LogP contribution in [0.4, 0.5) is 0 Å². The van der Waals surface area contributed by atoms with Crippen LogP contribution >= 0.6 is 0 Å². The monoisotopic (exact) mass is 773 g/mol. The van der Waals surface area contributed by atoms with Gasteiger partial charge < -0.3 is 4.57 Å². The van der Waals surface area contributed by atoms with Crippen LogP contribution in [0.3, 0.4) is 0 Å². The van der Waals surface area contributed by atoms with Crippen LogP contribution in [0.25, 0.3) is 89.2 Å². The van der Waals surface area contributed by atoms with E-state index in [2.05, 4.69) is 173 Å². The summed E-state index contributed by atoms with van der Waals surface area (Å²) in [4.78, 5) is 15.9. The van der Waals surface area contributed by atoms with E-state index in [1.54, 1.807) is 0 Å². The van der Waals surface area contributed by atoms with Gasteiger partial charge in [-0.25, -0.2) is 4.98 Å². The first-order chi connectivity index (χ1) is 29.7. The van der Waals surface area contributed by atoms with Crippen LogP contribution in [-0.4, -0.2) is 24.1 Å². The van der Waals surface area contributed by atoms with Gasteiger partial charge in [0, 0.05) is 38.4 Å². The lowest BCUT2D eigenvalue weighted by atomic mass is 9.47. The van der Waals surface area contributed by atoms with E-state index in [1.807, 2.05) is 6.07 Å². The fraction of sp³-hybridized carbons (Fsp3) is 0.182. The Morgan fingerprint density at radius 1 is 0.400 bits per heavy atom. The average molecular weight is 774 g/mol. The summed E-state index contributed by atoms with van der Waals surface area (Å²) in [5.74, 6) is 4.46. The fourth-order valence-electron chi connectivity index (χ4n) is 12.3. The van der Waals surface area contributed by atoms with Gasteiger partial charge in [-0.1, -0.05) is 127 Å². The zero-order valence-corrected chi connectivity index (χ0v) is 33.4. The van der Waals surface area contributed by atoms with Crippen LogP contribution < -0.4 is 0 Å². The minimum Gasteiger partial charge on any atom is -0.309 e. The largest absolute Gasteiger partial charge is 0.309 e. The number of hydrogen-bond donors (Lipinski definition) is 0. The topological polar surface area (TPSA) is 48.5 Å². The van der Waals surface area contributed by atoms with Crippen molar-refractivity contribution in [3.8, 4) is 45.5 Å². The molecule has 0 unspecified atom stereocenters. The summed E-state index contributed by atoms with van der Waals surface area (Å²) in [6.45, 7) is 0. The van der Waals surface area contributed by atoms with Gasteiger partial charge in [0.1, 0.15) is 0 Å². The zero-order chi connectivity index (χ0) is 39.4. The van der Waals surface area contributed by atoms with E-state index in [4.69, 9.17) is 15.0 Å². The lowest BCUT2D eigenvalue weighted by Crippen LogP contribution is -2.48. The Hall–Kier alpha value is -6.85. The third-order valence-corrected chi connectivity index (χ3v) is 14.3. The molecule has 0 spiro atoms. The zero-order valence-electron chi connectivity index (χ0n) is 33.4. The van der Waals surface area contributed by atoms with Gasteiger partial charge in [0.15, 0.2) is 11.6 Å². The molecule has 4 fully saturated rings. The van der Waals surface area contributed by atoms with Gasteiger partial charge in [0.2, 0.25) is 5.95 Å². The molecule has 4 aliphatic rings. The Bertz CT molecular complexity index is 3170. The molecule has 14 rings (SSSR count). The van der Waals surface area contributed by atoms with E-state index in [0.717, 1.165) is 39.9 Å². The number of hydrogen-bond acceptors (Lipinski definition) is 3. The van der Waals surface area contributed by atoms with Crippen molar-refractivity contribution in [1.82, 2.24) is 24.1 Å². The van der Waals surface area contributed by atoms with Crippen molar-refractivity contribution in [2.45, 2.75) is 43.9 Å². The number of fused-ring (bicyclic) bond motifs is 6. The third kappa shape index (κ3) is 5.21. The highest BCUT2D eigenvalue weighted by Crippen LogP contribution is 2.62. The molecule has 0 amide bonds. The Balaban J connectivity index is 1.04. The SMILES string of the molecule is c1ccc(-c2nc(-c3ccc(C45CC6CC(CC(C6)C4)C5)c(-c4cccc(-n5c6ccccc6c6ccccc65)c4)c3)nc(-n3c4ccccc4c4ccccc43)n2)cc1. The van der Waals surface area contributed by atoms with Gasteiger partial charge in [-0.2, -0.15) is 9.97 Å². The van der Waals surface area contributed by atoms with Gasteiger partial charge in [-0.05, 0) is 121 Å². The van der Waals surface area contributed by atoms with E-state index in [-0.39, 0.29) is 5.41 Å². The second kappa shape index (κ2) is 13.1. The summed E-state index contributed by atoms with van der Waals surface area (Å²) in [5.41, 5.74) is 12.0. The first-order valence-corrected chi connectivity index (χ1v) is 21.7. The van der Waals surface area contributed by atoms with Crippen LogP contribution in [0, 0.1) is 17.8 Å². The van der Waals surface area contributed by atoms with Gasteiger partial charge in [0.05, 0.1) is 22.1 Å². The molecule has 10 aromatic rings. The van der Waals surface area contributed by atoms with Crippen molar-refractivity contribution in [3.63, 3.8) is 0 Å². The molecule has 288 valence electrons. The molecule has 3 heterocycles. The smallest absolute Gasteiger partial charge is 0.238 e. The minimum atomic E-state index is 0.188. The predicted octanol–water partition coefficient (Wildman–Crippen LogP) is 13.5. The van der Waals surface area contributed by atoms with Crippen molar-refractivity contribution in [1.29, 1.82) is 0 Å². The average Bonchev–Trinajstić information content (AvgIpc) is 3.82. The molecule has 4 aliphatic carbocycles. The summed E-state index contributed by atoms with van der Waals surface area (Å²) in [5, 5.41) is 4.92. The fourth-order valence-corrected chi connectivity index (χ4v) is 12.3. The van der Waals surface area contributed by atoms with E-state index < -0.39 is 0 Å². The first-order valence-electron chi connectivity index (χ1n) is 21.7. The molecule has 0 N–H and O–H groups in total. The van der Waals surface area contributed by atoms with Crippen LogP contribution in [0.2, 0.25) is 0 Å². The molecule has 60 heavy (non-hydrogen) atoms. The molecule has 7 aromatic carbocycles. The van der Waals surface area contributed by atoms with Crippen LogP contribution in [0.5, 0.6) is 0 Å². The highest BCUT2D eigenvalue weighted by molar-refractivity contribution is 6.10. The summed E-state index contributed by atoms with van der Waals surface area (Å²) < 4.78 is 4.65. The van der Waals surface area contributed by atoms with Gasteiger partial charge in [0.25, 0.3) is 0 Å². The van der Waals surface area contributed by atoms with Crippen molar-refractivity contribution < 1.29 is 0 Å². The molecule has 0 saturated heterocycles. The van der Waals surface area contributed by atoms with E-state index in [1.165, 1.54) is 93.5 Å². The van der Waals surface area contributed by atoms with Gasteiger partial charge >= 0.3 is 0 Å². The van der Waals surface area contributed by atoms with Gasteiger partial charge in [-0.15, -0.1) is 0 Å². The summed E-state index contributed by atoms with van der Waals surface area (Å²) in [6.07, 6.45) is 8.11. The highest BCUT2D eigenvalue weighted by Gasteiger charge is 2.52. The van der Waals surface area contributed by atoms with Gasteiger partial charge in [-0.3, -0.25) is 4.57 Å². The Kier molecular flexibility index (Phi) is 7.42. The van der Waals surface area contributed by atoms with Crippen molar-refractivity contribution in [2.24, 2.45) is 17.8 Å². The first kappa shape index (κ1) is 34.1. The van der Waals surface area contributed by atoms with Crippen molar-refractivity contribution >= 4 is 43.6 Å². The lowest BCUT2D eigenvalue weighted by molar-refractivity contribution is -0.00491. The van der Waals surface area contributed by atoms with Crippen LogP contribution in [0.15, 0.2) is 170 Å². The Morgan fingerprint density at radius 2 is 0.883 bits per heavy atom. The number of nitrogens with zero attached hydrogens (tertiary/aromatic N) is 5. The quantitative estimate of drug-likeness (QED) is 0.169. The molecule has 5 heteroatoms. The molecular formula is C55H43N5. The number of aromatic nitrogens is 5. The molecular weight excluding hydrogens is 731 g/mol. The normalized spacial score (nSPS) is 20.8. The molecule has 0 aliphatic heterocycles. The second-order valence-electron chi connectivity index (χ2n) is 17.9. The molecule has 3 aromatic heterocycles. The molecule has 0 radical (unpaired) electrons.